The first-order chi connectivity index (χ1) is 12.2. The van der Waals surface area contributed by atoms with E-state index in [0.717, 1.165) is 5.69 Å². The number of benzene rings is 2. The van der Waals surface area contributed by atoms with Crippen LogP contribution in [-0.2, 0) is 0 Å². The van der Waals surface area contributed by atoms with Crippen molar-refractivity contribution in [3.8, 4) is 11.4 Å². The Labute approximate surface area is 145 Å². The number of rotatable bonds is 4. The minimum Gasteiger partial charge on any atom is -0.497 e. The number of hydrogen-bond acceptors (Lipinski definition) is 3. The van der Waals surface area contributed by atoms with E-state index < -0.39 is 5.91 Å². The normalized spacial score (nSPS) is 10.1. The van der Waals surface area contributed by atoms with Crippen LogP contribution in [0.2, 0.25) is 0 Å². The molecule has 0 saturated heterocycles. The van der Waals surface area contributed by atoms with Crippen molar-refractivity contribution in [2.75, 3.05) is 7.11 Å². The van der Waals surface area contributed by atoms with Crippen molar-refractivity contribution in [2.24, 2.45) is 0 Å². The summed E-state index contributed by atoms with van der Waals surface area (Å²) >= 11 is 0. The number of hydrogen-bond donors (Lipinski definition) is 2. The zero-order valence-electron chi connectivity index (χ0n) is 13.6. The summed E-state index contributed by atoms with van der Waals surface area (Å²) in [6.45, 7) is 0. The predicted molar refractivity (Wildman–Crippen MR) is 93.7 cm³/mol. The number of hydrazine groups is 1. The first-order valence-electron chi connectivity index (χ1n) is 7.65. The lowest BCUT2D eigenvalue weighted by Crippen LogP contribution is -2.41. The van der Waals surface area contributed by atoms with Crippen molar-refractivity contribution in [2.45, 2.75) is 0 Å². The lowest BCUT2D eigenvalue weighted by Gasteiger charge is -2.09. The Morgan fingerprint density at radius 2 is 1.28 bits per heavy atom. The standard InChI is InChI=1S/C19H17N3O3/c1-25-17-10-6-15(7-11-17)19(24)21-20-18(23)14-4-8-16(9-5-14)22-12-2-3-13-22/h2-13H,1H3,(H,20,23)(H,21,24). The fourth-order valence-corrected chi connectivity index (χ4v) is 2.29. The molecule has 1 aromatic heterocycles. The van der Waals surface area contributed by atoms with E-state index in [-0.39, 0.29) is 5.91 Å². The van der Waals surface area contributed by atoms with Crippen molar-refractivity contribution >= 4 is 11.8 Å². The maximum Gasteiger partial charge on any atom is 0.269 e. The van der Waals surface area contributed by atoms with Crippen LogP contribution in [0.15, 0.2) is 73.1 Å². The summed E-state index contributed by atoms with van der Waals surface area (Å²) in [4.78, 5) is 24.1. The van der Waals surface area contributed by atoms with Gasteiger partial charge in [0.2, 0.25) is 0 Å². The number of ether oxygens (including phenoxy) is 1. The van der Waals surface area contributed by atoms with Crippen molar-refractivity contribution in [1.29, 1.82) is 0 Å². The van der Waals surface area contributed by atoms with Gasteiger partial charge in [0.15, 0.2) is 0 Å². The lowest BCUT2D eigenvalue weighted by molar-refractivity contribution is 0.0846. The van der Waals surface area contributed by atoms with Crippen LogP contribution < -0.4 is 15.6 Å². The number of amides is 2. The number of nitrogens with one attached hydrogen (secondary N) is 2. The Morgan fingerprint density at radius 1 is 0.800 bits per heavy atom. The molecule has 0 saturated carbocycles. The van der Waals surface area contributed by atoms with Gasteiger partial charge in [-0.05, 0) is 60.7 Å². The van der Waals surface area contributed by atoms with E-state index in [4.69, 9.17) is 4.74 Å². The predicted octanol–water partition coefficient (Wildman–Crippen LogP) is 2.56. The number of carbonyl (C=O) groups is 2. The largest absolute Gasteiger partial charge is 0.497 e. The molecule has 2 aromatic carbocycles. The van der Waals surface area contributed by atoms with Gasteiger partial charge in [0.1, 0.15) is 5.75 Å². The van der Waals surface area contributed by atoms with Crippen molar-refractivity contribution in [3.63, 3.8) is 0 Å². The molecule has 0 aliphatic carbocycles. The van der Waals surface area contributed by atoms with Gasteiger partial charge >= 0.3 is 0 Å². The number of nitrogens with zero attached hydrogens (tertiary/aromatic N) is 1. The van der Waals surface area contributed by atoms with Gasteiger partial charge in [-0.25, -0.2) is 0 Å². The van der Waals surface area contributed by atoms with E-state index in [9.17, 15) is 9.59 Å². The quantitative estimate of drug-likeness (QED) is 0.720. The molecule has 0 radical (unpaired) electrons. The highest BCUT2D eigenvalue weighted by Gasteiger charge is 2.09. The molecule has 0 aliphatic rings. The Bertz CT molecular complexity index is 854. The van der Waals surface area contributed by atoms with E-state index >= 15 is 0 Å². The molecule has 0 atom stereocenters. The fourth-order valence-electron chi connectivity index (χ4n) is 2.29. The van der Waals surface area contributed by atoms with Crippen molar-refractivity contribution < 1.29 is 14.3 Å². The van der Waals surface area contributed by atoms with Crippen LogP contribution in [0.1, 0.15) is 20.7 Å². The minimum absolute atomic E-state index is 0.388. The number of carbonyl (C=O) groups excluding carboxylic acids is 2. The van der Waals surface area contributed by atoms with Crippen LogP contribution in [0.4, 0.5) is 0 Å². The third kappa shape index (κ3) is 3.87. The second-order valence-corrected chi connectivity index (χ2v) is 5.27. The van der Waals surface area contributed by atoms with E-state index in [1.807, 2.05) is 41.2 Å². The van der Waals surface area contributed by atoms with Crippen molar-refractivity contribution in [1.82, 2.24) is 15.4 Å². The van der Waals surface area contributed by atoms with Crippen LogP contribution in [0.3, 0.4) is 0 Å². The maximum atomic E-state index is 12.1. The molecule has 6 heteroatoms. The highest BCUT2D eigenvalue weighted by Crippen LogP contribution is 2.11. The second-order valence-electron chi connectivity index (χ2n) is 5.27. The average molecular weight is 335 g/mol. The molecule has 0 bridgehead atoms. The minimum atomic E-state index is -0.403. The molecule has 3 rings (SSSR count). The Hall–Kier alpha value is -3.54. The monoisotopic (exact) mass is 335 g/mol. The van der Waals surface area contributed by atoms with Gasteiger partial charge in [-0.2, -0.15) is 0 Å². The Morgan fingerprint density at radius 3 is 1.76 bits per heavy atom. The highest BCUT2D eigenvalue weighted by molar-refractivity contribution is 5.99. The third-order valence-corrected chi connectivity index (χ3v) is 3.67. The van der Waals surface area contributed by atoms with Gasteiger partial charge in [-0.1, -0.05) is 0 Å². The molecule has 3 aromatic rings. The van der Waals surface area contributed by atoms with Gasteiger partial charge in [0.25, 0.3) is 11.8 Å². The van der Waals surface area contributed by atoms with Gasteiger partial charge in [-0.15, -0.1) is 0 Å². The lowest BCUT2D eigenvalue weighted by atomic mass is 10.2. The fraction of sp³-hybridized carbons (Fsp3) is 0.0526. The summed E-state index contributed by atoms with van der Waals surface area (Å²) in [5.41, 5.74) is 6.61. The molecule has 6 nitrogen and oxygen atoms in total. The molecular weight excluding hydrogens is 318 g/mol. The zero-order valence-corrected chi connectivity index (χ0v) is 13.6. The van der Waals surface area contributed by atoms with E-state index in [2.05, 4.69) is 10.9 Å². The van der Waals surface area contributed by atoms with Crippen LogP contribution in [0.25, 0.3) is 5.69 Å². The first kappa shape index (κ1) is 16.3. The molecule has 2 N–H and O–H groups in total. The smallest absolute Gasteiger partial charge is 0.269 e. The third-order valence-electron chi connectivity index (χ3n) is 3.67. The summed E-state index contributed by atoms with van der Waals surface area (Å²) < 4.78 is 6.98. The Kier molecular flexibility index (Phi) is 4.80. The van der Waals surface area contributed by atoms with Crippen LogP contribution in [0, 0.1) is 0 Å². The topological polar surface area (TPSA) is 72.4 Å². The van der Waals surface area contributed by atoms with E-state index in [1.165, 1.54) is 0 Å². The van der Waals surface area contributed by atoms with E-state index in [1.54, 1.807) is 43.5 Å². The second kappa shape index (κ2) is 7.35. The average Bonchev–Trinajstić information content (AvgIpc) is 3.21. The van der Waals surface area contributed by atoms with Crippen LogP contribution >= 0.6 is 0 Å². The summed E-state index contributed by atoms with van der Waals surface area (Å²) in [5, 5.41) is 0. The molecule has 126 valence electrons. The summed E-state index contributed by atoms with van der Waals surface area (Å²) in [6, 6.07) is 17.5. The zero-order chi connectivity index (χ0) is 17.6. The molecule has 0 spiro atoms. The van der Waals surface area contributed by atoms with Crippen molar-refractivity contribution in [3.05, 3.63) is 84.2 Å². The van der Waals surface area contributed by atoms with Gasteiger partial charge < -0.3 is 9.30 Å². The molecule has 1 heterocycles. The SMILES string of the molecule is COc1ccc(C(=O)NNC(=O)c2ccc(-n3cccc3)cc2)cc1. The molecular formula is C19H17N3O3. The van der Waals surface area contributed by atoms with Gasteiger partial charge in [0, 0.05) is 29.2 Å². The molecule has 0 fully saturated rings. The molecule has 25 heavy (non-hydrogen) atoms. The van der Waals surface area contributed by atoms with Gasteiger partial charge in [-0.3, -0.25) is 20.4 Å². The summed E-state index contributed by atoms with van der Waals surface area (Å²) in [6.07, 6.45) is 3.84. The summed E-state index contributed by atoms with van der Waals surface area (Å²) in [5.74, 6) is -0.135. The summed E-state index contributed by atoms with van der Waals surface area (Å²) in [7, 11) is 1.55. The molecule has 2 amide bonds. The Balaban J connectivity index is 1.59. The van der Waals surface area contributed by atoms with Crippen LogP contribution in [-0.4, -0.2) is 23.5 Å². The molecule has 0 aliphatic heterocycles. The highest BCUT2D eigenvalue weighted by atomic mass is 16.5. The van der Waals surface area contributed by atoms with Crippen LogP contribution in [0.5, 0.6) is 5.75 Å². The molecule has 0 unspecified atom stereocenters. The number of aromatic nitrogens is 1. The maximum absolute atomic E-state index is 12.1. The van der Waals surface area contributed by atoms with Gasteiger partial charge in [0.05, 0.1) is 7.11 Å². The number of methoxy groups -OCH3 is 1. The first-order valence-corrected chi connectivity index (χ1v) is 7.65. The van der Waals surface area contributed by atoms with E-state index in [0.29, 0.717) is 16.9 Å².